The molecule has 2 aliphatic rings. The lowest BCUT2D eigenvalue weighted by molar-refractivity contribution is -0.137. The van der Waals surface area contributed by atoms with Gasteiger partial charge in [0.2, 0.25) is 10.0 Å². The summed E-state index contributed by atoms with van der Waals surface area (Å²) in [6, 6.07) is 4.32. The van der Waals surface area contributed by atoms with Crippen molar-refractivity contribution in [3.63, 3.8) is 0 Å². The van der Waals surface area contributed by atoms with Crippen LogP contribution in [0.5, 0.6) is 0 Å². The van der Waals surface area contributed by atoms with Gasteiger partial charge in [0, 0.05) is 63.4 Å². The summed E-state index contributed by atoms with van der Waals surface area (Å²) in [5.41, 5.74) is -0.865. The van der Waals surface area contributed by atoms with Crippen LogP contribution in [-0.2, 0) is 16.2 Å². The molecular weight excluding hydrogens is 479 g/mol. The maximum absolute atomic E-state index is 12.9. The first kappa shape index (κ1) is 24.2. The summed E-state index contributed by atoms with van der Waals surface area (Å²) in [7, 11) is -3.55. The summed E-state index contributed by atoms with van der Waals surface area (Å²) >= 11 is 6.14. The highest BCUT2D eigenvalue weighted by atomic mass is 35.5. The topological polar surface area (TPSA) is 69.6 Å². The molecule has 4 rings (SSSR count). The molecule has 1 unspecified atom stereocenters. The third-order valence-corrected chi connectivity index (χ3v) is 8.45. The SMILES string of the molecule is CC1CN(C2CCN(S(=O)(=O)c3cccnc3)CC2)CCN1c1ncc(C(F)(F)F)cc1Cl. The molecule has 7 nitrogen and oxygen atoms in total. The third kappa shape index (κ3) is 5.11. The number of halogens is 4. The van der Waals surface area contributed by atoms with Gasteiger partial charge in [0.1, 0.15) is 10.7 Å². The Hall–Kier alpha value is -1.95. The van der Waals surface area contributed by atoms with E-state index in [9.17, 15) is 21.6 Å². The number of alkyl halides is 3. The zero-order chi connectivity index (χ0) is 23.8. The molecule has 12 heteroatoms. The van der Waals surface area contributed by atoms with Crippen molar-refractivity contribution in [1.29, 1.82) is 0 Å². The highest BCUT2D eigenvalue weighted by Crippen LogP contribution is 2.35. The van der Waals surface area contributed by atoms with Crippen LogP contribution in [0.4, 0.5) is 19.0 Å². The van der Waals surface area contributed by atoms with E-state index in [1.807, 2.05) is 11.8 Å². The van der Waals surface area contributed by atoms with Crippen molar-refractivity contribution >= 4 is 27.4 Å². The molecule has 0 N–H and O–H groups in total. The fourth-order valence-corrected chi connectivity index (χ4v) is 6.23. The molecule has 180 valence electrons. The molecule has 0 radical (unpaired) electrons. The second-order valence-electron chi connectivity index (χ2n) is 8.39. The number of pyridine rings is 2. The van der Waals surface area contributed by atoms with E-state index < -0.39 is 21.8 Å². The highest BCUT2D eigenvalue weighted by molar-refractivity contribution is 7.89. The Morgan fingerprint density at radius 3 is 2.42 bits per heavy atom. The molecule has 0 aromatic carbocycles. The summed E-state index contributed by atoms with van der Waals surface area (Å²) in [5, 5.41) is -0.0148. The summed E-state index contributed by atoms with van der Waals surface area (Å²) in [5.74, 6) is 0.356. The number of piperazine rings is 1. The number of hydrogen-bond acceptors (Lipinski definition) is 6. The van der Waals surface area contributed by atoms with Crippen LogP contribution in [0, 0.1) is 0 Å². The molecule has 1 atom stereocenters. The monoisotopic (exact) mass is 503 g/mol. The lowest BCUT2D eigenvalue weighted by Gasteiger charge is -2.46. The van der Waals surface area contributed by atoms with Crippen LogP contribution in [0.2, 0.25) is 5.02 Å². The smallest absolute Gasteiger partial charge is 0.350 e. The van der Waals surface area contributed by atoms with Crippen LogP contribution in [0.25, 0.3) is 0 Å². The van der Waals surface area contributed by atoms with Gasteiger partial charge >= 0.3 is 6.18 Å². The van der Waals surface area contributed by atoms with Gasteiger partial charge in [-0.25, -0.2) is 13.4 Å². The quantitative estimate of drug-likeness (QED) is 0.636. The van der Waals surface area contributed by atoms with Crippen LogP contribution in [0.15, 0.2) is 41.7 Å². The molecule has 0 spiro atoms. The van der Waals surface area contributed by atoms with Crippen molar-refractivity contribution in [2.45, 2.75) is 42.9 Å². The summed E-state index contributed by atoms with van der Waals surface area (Å²) < 4.78 is 65.9. The van der Waals surface area contributed by atoms with Gasteiger partial charge in [-0.15, -0.1) is 0 Å². The minimum absolute atomic E-state index is 0.00218. The Morgan fingerprint density at radius 2 is 1.85 bits per heavy atom. The Kier molecular flexibility index (Phi) is 6.86. The number of anilines is 1. The molecule has 2 saturated heterocycles. The number of nitrogens with zero attached hydrogens (tertiary/aromatic N) is 5. The van der Waals surface area contributed by atoms with E-state index in [1.165, 1.54) is 10.5 Å². The van der Waals surface area contributed by atoms with Gasteiger partial charge in [0.05, 0.1) is 10.6 Å². The van der Waals surface area contributed by atoms with Crippen LogP contribution >= 0.6 is 11.6 Å². The number of aromatic nitrogens is 2. The van der Waals surface area contributed by atoms with Crippen molar-refractivity contribution in [2.24, 2.45) is 0 Å². The first-order valence-electron chi connectivity index (χ1n) is 10.7. The average Bonchev–Trinajstić information content (AvgIpc) is 2.79. The van der Waals surface area contributed by atoms with Gasteiger partial charge < -0.3 is 4.90 Å². The molecule has 2 aromatic rings. The van der Waals surface area contributed by atoms with Crippen LogP contribution < -0.4 is 4.90 Å². The van der Waals surface area contributed by atoms with Crippen molar-refractivity contribution in [3.8, 4) is 0 Å². The van der Waals surface area contributed by atoms with Gasteiger partial charge in [0.15, 0.2) is 0 Å². The largest absolute Gasteiger partial charge is 0.417 e. The van der Waals surface area contributed by atoms with E-state index >= 15 is 0 Å². The molecule has 4 heterocycles. The third-order valence-electron chi connectivity index (χ3n) is 6.29. The van der Waals surface area contributed by atoms with Crippen LogP contribution in [0.3, 0.4) is 0 Å². The maximum Gasteiger partial charge on any atom is 0.417 e. The second kappa shape index (κ2) is 9.36. The van der Waals surface area contributed by atoms with E-state index in [2.05, 4.69) is 14.9 Å². The molecule has 2 aliphatic heterocycles. The number of rotatable bonds is 4. The zero-order valence-corrected chi connectivity index (χ0v) is 19.6. The van der Waals surface area contributed by atoms with Crippen molar-refractivity contribution < 1.29 is 21.6 Å². The fourth-order valence-electron chi connectivity index (χ4n) is 4.53. The fraction of sp³-hybridized carbons (Fsp3) is 0.524. The predicted octanol–water partition coefficient (Wildman–Crippen LogP) is 3.51. The summed E-state index contributed by atoms with van der Waals surface area (Å²) in [6.07, 6.45) is 0.663. The molecular formula is C21H25ClF3N5O2S. The van der Waals surface area contributed by atoms with Gasteiger partial charge in [0.25, 0.3) is 0 Å². The van der Waals surface area contributed by atoms with E-state index in [0.717, 1.165) is 12.3 Å². The maximum atomic E-state index is 12.9. The second-order valence-corrected chi connectivity index (χ2v) is 10.7. The number of piperidine rings is 1. The number of hydrogen-bond donors (Lipinski definition) is 0. The summed E-state index contributed by atoms with van der Waals surface area (Å²) in [6.45, 7) is 4.82. The first-order chi connectivity index (χ1) is 15.6. The predicted molar refractivity (Wildman–Crippen MR) is 119 cm³/mol. The van der Waals surface area contributed by atoms with Gasteiger partial charge in [-0.1, -0.05) is 11.6 Å². The Labute approximate surface area is 196 Å². The Morgan fingerprint density at radius 1 is 1.12 bits per heavy atom. The molecule has 0 amide bonds. The van der Waals surface area contributed by atoms with E-state index in [1.54, 1.807) is 18.3 Å². The average molecular weight is 504 g/mol. The van der Waals surface area contributed by atoms with Crippen molar-refractivity contribution in [3.05, 3.63) is 47.4 Å². The minimum atomic E-state index is -4.49. The normalized spacial score (nSPS) is 22.0. The molecule has 33 heavy (non-hydrogen) atoms. The van der Waals surface area contributed by atoms with Crippen molar-refractivity contribution in [2.75, 3.05) is 37.6 Å². The molecule has 2 fully saturated rings. The van der Waals surface area contributed by atoms with E-state index in [0.29, 0.717) is 51.4 Å². The molecule has 0 saturated carbocycles. The molecule has 0 aliphatic carbocycles. The lowest BCUT2D eigenvalue weighted by atomic mass is 10.0. The van der Waals surface area contributed by atoms with Crippen molar-refractivity contribution in [1.82, 2.24) is 19.2 Å². The van der Waals surface area contributed by atoms with Gasteiger partial charge in [-0.2, -0.15) is 17.5 Å². The molecule has 2 aromatic heterocycles. The Bertz CT molecular complexity index is 1080. The Balaban J connectivity index is 1.37. The summed E-state index contributed by atoms with van der Waals surface area (Å²) in [4.78, 5) is 12.4. The van der Waals surface area contributed by atoms with E-state index in [-0.39, 0.29) is 22.0 Å². The van der Waals surface area contributed by atoms with Crippen LogP contribution in [-0.4, -0.2) is 72.4 Å². The lowest BCUT2D eigenvalue weighted by Crippen LogP contribution is -2.57. The van der Waals surface area contributed by atoms with Gasteiger partial charge in [-0.05, 0) is 38.0 Å². The standard InChI is InChI=1S/C21H25ClF3N5O2S/c1-15-14-28(9-10-30(15)20-19(22)11-16(12-27-20)21(23,24)25)17-4-7-29(8-5-17)33(31,32)18-3-2-6-26-13-18/h2-3,6,11-13,15,17H,4-5,7-10,14H2,1H3. The molecule has 0 bridgehead atoms. The van der Waals surface area contributed by atoms with Crippen LogP contribution in [0.1, 0.15) is 25.3 Å². The zero-order valence-electron chi connectivity index (χ0n) is 18.0. The first-order valence-corrected chi connectivity index (χ1v) is 12.5. The van der Waals surface area contributed by atoms with E-state index in [4.69, 9.17) is 11.6 Å². The highest BCUT2D eigenvalue weighted by Gasteiger charge is 2.36. The number of sulfonamides is 1. The van der Waals surface area contributed by atoms with Gasteiger partial charge in [-0.3, -0.25) is 9.88 Å². The minimum Gasteiger partial charge on any atom is -0.350 e.